The highest BCUT2D eigenvalue weighted by molar-refractivity contribution is 6.35. The second kappa shape index (κ2) is 7.76. The minimum absolute atomic E-state index is 0.138. The van der Waals surface area contributed by atoms with Crippen LogP contribution >= 0.6 is 23.2 Å². The molecular formula is C18H15Cl2FN2O2. The van der Waals surface area contributed by atoms with Gasteiger partial charge in [-0.2, -0.15) is 0 Å². The zero-order valence-corrected chi connectivity index (χ0v) is 14.6. The number of halogens is 3. The molecule has 7 heteroatoms. The monoisotopic (exact) mass is 380 g/mol. The second-order valence-corrected chi connectivity index (χ2v) is 6.31. The standard InChI is InChI=1S/C18H15Cl2FN2O2/c19-12-1-4-17(15(20)7-12)25-10-18(24)22-6-5-11-9-23-16-8-13(21)2-3-14(11)16/h1-4,7-9,23H,5-6,10H2,(H,22,24). The predicted octanol–water partition coefficient (Wildman–Crippen LogP) is 4.35. The lowest BCUT2D eigenvalue weighted by molar-refractivity contribution is -0.123. The van der Waals surface area contributed by atoms with Gasteiger partial charge in [0.1, 0.15) is 11.6 Å². The number of ether oxygens (including phenoxy) is 1. The zero-order valence-electron chi connectivity index (χ0n) is 13.1. The molecule has 0 saturated heterocycles. The van der Waals surface area contributed by atoms with Gasteiger partial charge in [0.05, 0.1) is 5.02 Å². The van der Waals surface area contributed by atoms with Gasteiger partial charge in [-0.25, -0.2) is 4.39 Å². The fourth-order valence-corrected chi connectivity index (χ4v) is 2.95. The average molecular weight is 381 g/mol. The number of amides is 1. The van der Waals surface area contributed by atoms with E-state index >= 15 is 0 Å². The Bertz CT molecular complexity index is 911. The van der Waals surface area contributed by atoms with Crippen molar-refractivity contribution in [2.75, 3.05) is 13.2 Å². The van der Waals surface area contributed by atoms with E-state index in [1.165, 1.54) is 12.1 Å². The summed E-state index contributed by atoms with van der Waals surface area (Å²) < 4.78 is 18.5. The van der Waals surface area contributed by atoms with E-state index in [1.54, 1.807) is 24.3 Å². The van der Waals surface area contributed by atoms with Gasteiger partial charge in [-0.3, -0.25) is 4.79 Å². The molecule has 0 fully saturated rings. The molecule has 0 radical (unpaired) electrons. The van der Waals surface area contributed by atoms with Crippen LogP contribution in [0.5, 0.6) is 5.75 Å². The molecule has 0 bridgehead atoms. The summed E-state index contributed by atoms with van der Waals surface area (Å²) in [6.07, 6.45) is 2.44. The Hall–Kier alpha value is -2.24. The molecule has 1 amide bonds. The van der Waals surface area contributed by atoms with E-state index in [2.05, 4.69) is 10.3 Å². The number of hydrogen-bond donors (Lipinski definition) is 2. The van der Waals surface area contributed by atoms with Crippen molar-refractivity contribution in [3.8, 4) is 5.75 Å². The lowest BCUT2D eigenvalue weighted by Crippen LogP contribution is -2.30. The van der Waals surface area contributed by atoms with Gasteiger partial charge < -0.3 is 15.0 Å². The van der Waals surface area contributed by atoms with Crippen LogP contribution in [0.1, 0.15) is 5.56 Å². The molecule has 4 nitrogen and oxygen atoms in total. The third-order valence-electron chi connectivity index (χ3n) is 3.70. The van der Waals surface area contributed by atoms with Crippen molar-refractivity contribution in [2.24, 2.45) is 0 Å². The molecule has 3 rings (SSSR count). The van der Waals surface area contributed by atoms with Crippen molar-refractivity contribution >= 4 is 40.0 Å². The molecule has 2 N–H and O–H groups in total. The van der Waals surface area contributed by atoms with Gasteiger partial charge in [0.25, 0.3) is 5.91 Å². The van der Waals surface area contributed by atoms with Gasteiger partial charge in [0, 0.05) is 28.7 Å². The maximum atomic E-state index is 13.2. The minimum Gasteiger partial charge on any atom is -0.482 e. The Kier molecular flexibility index (Phi) is 5.46. The summed E-state index contributed by atoms with van der Waals surface area (Å²) in [4.78, 5) is 14.9. The van der Waals surface area contributed by atoms with E-state index in [4.69, 9.17) is 27.9 Å². The third-order valence-corrected chi connectivity index (χ3v) is 4.23. The lowest BCUT2D eigenvalue weighted by Gasteiger charge is -2.09. The quantitative estimate of drug-likeness (QED) is 0.667. The van der Waals surface area contributed by atoms with Crippen LogP contribution in [0.25, 0.3) is 10.9 Å². The van der Waals surface area contributed by atoms with Crippen LogP contribution < -0.4 is 10.1 Å². The topological polar surface area (TPSA) is 54.1 Å². The lowest BCUT2D eigenvalue weighted by atomic mass is 10.1. The van der Waals surface area contributed by atoms with Crippen LogP contribution in [0.15, 0.2) is 42.6 Å². The predicted molar refractivity (Wildman–Crippen MR) is 96.9 cm³/mol. The van der Waals surface area contributed by atoms with E-state index in [-0.39, 0.29) is 18.3 Å². The summed E-state index contributed by atoms with van der Waals surface area (Å²) in [5.41, 5.74) is 1.75. The summed E-state index contributed by atoms with van der Waals surface area (Å²) >= 11 is 11.8. The van der Waals surface area contributed by atoms with Gasteiger partial charge >= 0.3 is 0 Å². The SMILES string of the molecule is O=C(COc1ccc(Cl)cc1Cl)NCCc1c[nH]c2cc(F)ccc12. The Morgan fingerprint density at radius 2 is 2.04 bits per heavy atom. The molecule has 2 aromatic carbocycles. The second-order valence-electron chi connectivity index (χ2n) is 5.47. The first-order chi connectivity index (χ1) is 12.0. The first-order valence-electron chi connectivity index (χ1n) is 7.63. The van der Waals surface area contributed by atoms with Crippen molar-refractivity contribution in [2.45, 2.75) is 6.42 Å². The molecular weight excluding hydrogens is 366 g/mol. The highest BCUT2D eigenvalue weighted by Crippen LogP contribution is 2.27. The molecule has 130 valence electrons. The van der Waals surface area contributed by atoms with Gasteiger partial charge in [-0.05, 0) is 48.4 Å². The fraction of sp³-hybridized carbons (Fsp3) is 0.167. The minimum atomic E-state index is -0.285. The Morgan fingerprint density at radius 1 is 1.20 bits per heavy atom. The number of aromatic amines is 1. The van der Waals surface area contributed by atoms with Crippen molar-refractivity contribution < 1.29 is 13.9 Å². The van der Waals surface area contributed by atoms with Gasteiger partial charge in [0.15, 0.2) is 6.61 Å². The summed E-state index contributed by atoms with van der Waals surface area (Å²) in [5.74, 6) is -0.135. The van der Waals surface area contributed by atoms with E-state index in [0.717, 1.165) is 16.5 Å². The highest BCUT2D eigenvalue weighted by Gasteiger charge is 2.08. The molecule has 0 aliphatic heterocycles. The molecule has 0 atom stereocenters. The summed E-state index contributed by atoms with van der Waals surface area (Å²) in [5, 5.41) is 4.57. The number of aromatic nitrogens is 1. The first-order valence-corrected chi connectivity index (χ1v) is 8.38. The summed E-state index contributed by atoms with van der Waals surface area (Å²) in [7, 11) is 0. The smallest absolute Gasteiger partial charge is 0.257 e. The van der Waals surface area contributed by atoms with Crippen LogP contribution in [0, 0.1) is 5.82 Å². The third kappa shape index (κ3) is 4.44. The Labute approximate surface area is 153 Å². The van der Waals surface area contributed by atoms with Crippen LogP contribution in [0.3, 0.4) is 0 Å². The van der Waals surface area contributed by atoms with Gasteiger partial charge in [-0.1, -0.05) is 23.2 Å². The maximum absolute atomic E-state index is 13.2. The summed E-state index contributed by atoms with van der Waals surface area (Å²) in [6, 6.07) is 9.40. The number of nitrogens with one attached hydrogen (secondary N) is 2. The summed E-state index contributed by atoms with van der Waals surface area (Å²) in [6.45, 7) is 0.307. The van der Waals surface area contributed by atoms with Crippen LogP contribution in [-0.4, -0.2) is 24.0 Å². The molecule has 0 aliphatic carbocycles. The molecule has 3 aromatic rings. The first kappa shape index (κ1) is 17.6. The number of H-pyrrole nitrogens is 1. The van der Waals surface area contributed by atoms with Crippen LogP contribution in [-0.2, 0) is 11.2 Å². The number of carbonyl (C=O) groups excluding carboxylic acids is 1. The average Bonchev–Trinajstić information content (AvgIpc) is 2.96. The Morgan fingerprint density at radius 3 is 2.84 bits per heavy atom. The molecule has 1 aromatic heterocycles. The normalized spacial score (nSPS) is 10.8. The maximum Gasteiger partial charge on any atom is 0.257 e. The van der Waals surface area contributed by atoms with Crippen LogP contribution in [0.2, 0.25) is 10.0 Å². The number of hydrogen-bond acceptors (Lipinski definition) is 2. The van der Waals surface area contributed by atoms with Crippen molar-refractivity contribution in [1.29, 1.82) is 0 Å². The molecule has 25 heavy (non-hydrogen) atoms. The van der Waals surface area contributed by atoms with Crippen LogP contribution in [0.4, 0.5) is 4.39 Å². The zero-order chi connectivity index (χ0) is 17.8. The fourth-order valence-electron chi connectivity index (χ4n) is 2.49. The molecule has 0 saturated carbocycles. The van der Waals surface area contributed by atoms with Crippen molar-refractivity contribution in [3.63, 3.8) is 0 Å². The van der Waals surface area contributed by atoms with Gasteiger partial charge in [-0.15, -0.1) is 0 Å². The Balaban J connectivity index is 1.49. The molecule has 0 spiro atoms. The van der Waals surface area contributed by atoms with E-state index in [0.29, 0.717) is 28.8 Å². The number of benzene rings is 2. The number of rotatable bonds is 6. The van der Waals surface area contributed by atoms with E-state index in [9.17, 15) is 9.18 Å². The number of fused-ring (bicyclic) bond motifs is 1. The van der Waals surface area contributed by atoms with Crippen molar-refractivity contribution in [1.82, 2.24) is 10.3 Å². The molecule has 1 heterocycles. The highest BCUT2D eigenvalue weighted by atomic mass is 35.5. The molecule has 0 unspecified atom stereocenters. The van der Waals surface area contributed by atoms with Gasteiger partial charge in [0.2, 0.25) is 0 Å². The number of carbonyl (C=O) groups is 1. The van der Waals surface area contributed by atoms with E-state index < -0.39 is 0 Å². The van der Waals surface area contributed by atoms with Crippen molar-refractivity contribution in [3.05, 3.63) is 64.0 Å². The largest absolute Gasteiger partial charge is 0.482 e. The molecule has 0 aliphatic rings. The van der Waals surface area contributed by atoms with E-state index in [1.807, 2.05) is 6.20 Å².